The highest BCUT2D eigenvalue weighted by molar-refractivity contribution is 4.74. The van der Waals surface area contributed by atoms with Crippen LogP contribution < -0.4 is 0 Å². The summed E-state index contributed by atoms with van der Waals surface area (Å²) >= 11 is 0. The lowest BCUT2D eigenvalue weighted by Gasteiger charge is -2.16. The fraction of sp³-hybridized carbons (Fsp3) is 1.00. The molecule has 1 atom stereocenters. The summed E-state index contributed by atoms with van der Waals surface area (Å²) in [6, 6.07) is 0. The van der Waals surface area contributed by atoms with E-state index in [0.717, 1.165) is 6.42 Å². The predicted molar refractivity (Wildman–Crippen MR) is 36.3 cm³/mol. The zero-order valence-corrected chi connectivity index (χ0v) is 6.49. The number of halogens is 3. The van der Waals surface area contributed by atoms with Crippen molar-refractivity contribution in [3.8, 4) is 0 Å². The van der Waals surface area contributed by atoms with Gasteiger partial charge in [-0.25, -0.2) is 0 Å². The lowest BCUT2D eigenvalue weighted by molar-refractivity contribution is -0.143. The van der Waals surface area contributed by atoms with Gasteiger partial charge in [-0.3, -0.25) is 4.90 Å². The van der Waals surface area contributed by atoms with Crippen molar-refractivity contribution in [2.24, 2.45) is 5.92 Å². The molecule has 0 aliphatic carbocycles. The topological polar surface area (TPSA) is 3.24 Å². The highest BCUT2D eigenvalue weighted by Crippen LogP contribution is 2.21. The Hall–Kier alpha value is -0.250. The number of hydrogen-bond acceptors (Lipinski definition) is 1. The Bertz CT molecular complexity index is 132. The molecular weight excluding hydrogens is 155 g/mol. The Morgan fingerprint density at radius 2 is 2.09 bits per heavy atom. The van der Waals surface area contributed by atoms with Crippen LogP contribution in [-0.4, -0.2) is 30.7 Å². The Balaban J connectivity index is 2.29. The van der Waals surface area contributed by atoms with Crippen LogP contribution >= 0.6 is 0 Å². The molecule has 1 heterocycles. The van der Waals surface area contributed by atoms with E-state index in [2.05, 4.69) is 0 Å². The van der Waals surface area contributed by atoms with E-state index in [9.17, 15) is 13.2 Å². The number of rotatable bonds is 1. The van der Waals surface area contributed by atoms with E-state index in [1.54, 1.807) is 0 Å². The third-order valence-corrected chi connectivity index (χ3v) is 1.91. The minimum atomic E-state index is -4.02. The van der Waals surface area contributed by atoms with Gasteiger partial charge in [0.2, 0.25) is 0 Å². The van der Waals surface area contributed by atoms with Crippen LogP contribution in [0, 0.1) is 5.92 Å². The fourth-order valence-corrected chi connectivity index (χ4v) is 1.42. The van der Waals surface area contributed by atoms with Crippen LogP contribution in [-0.2, 0) is 0 Å². The summed E-state index contributed by atoms with van der Waals surface area (Å²) in [6.07, 6.45) is -3.12. The molecule has 0 aromatic heterocycles. The number of hydrogen-bond donors (Lipinski definition) is 0. The minimum absolute atomic E-state index is 0.428. The number of nitrogens with zero attached hydrogens (tertiary/aromatic N) is 1. The first kappa shape index (κ1) is 8.84. The second kappa shape index (κ2) is 3.01. The molecule has 0 N–H and O–H groups in total. The van der Waals surface area contributed by atoms with Crippen LogP contribution in [0.15, 0.2) is 0 Å². The van der Waals surface area contributed by atoms with Crippen LogP contribution in [0.25, 0.3) is 0 Å². The van der Waals surface area contributed by atoms with Crippen molar-refractivity contribution in [1.29, 1.82) is 0 Å². The van der Waals surface area contributed by atoms with Crippen molar-refractivity contribution >= 4 is 0 Å². The average molecular weight is 167 g/mol. The summed E-state index contributed by atoms with van der Waals surface area (Å²) in [6.45, 7) is 2.44. The SMILES string of the molecule is CC1CCN(CC(F)(F)F)C1. The van der Waals surface area contributed by atoms with E-state index in [1.165, 1.54) is 4.90 Å². The zero-order valence-electron chi connectivity index (χ0n) is 6.49. The molecule has 0 bridgehead atoms. The molecule has 1 nitrogen and oxygen atoms in total. The molecule has 1 aliphatic rings. The van der Waals surface area contributed by atoms with Gasteiger partial charge in [-0.15, -0.1) is 0 Å². The summed E-state index contributed by atoms with van der Waals surface area (Å²) in [7, 11) is 0. The summed E-state index contributed by atoms with van der Waals surface area (Å²) < 4.78 is 35.4. The first-order valence-electron chi connectivity index (χ1n) is 3.76. The van der Waals surface area contributed by atoms with Gasteiger partial charge in [-0.2, -0.15) is 13.2 Å². The molecule has 0 spiro atoms. The smallest absolute Gasteiger partial charge is 0.295 e. The van der Waals surface area contributed by atoms with E-state index in [4.69, 9.17) is 0 Å². The fourth-order valence-electron chi connectivity index (χ4n) is 1.42. The van der Waals surface area contributed by atoms with Crippen molar-refractivity contribution in [1.82, 2.24) is 4.90 Å². The van der Waals surface area contributed by atoms with Gasteiger partial charge in [-0.1, -0.05) is 6.92 Å². The highest BCUT2D eigenvalue weighted by atomic mass is 19.4. The summed E-state index contributed by atoms with van der Waals surface area (Å²) in [5.41, 5.74) is 0. The van der Waals surface area contributed by atoms with Crippen molar-refractivity contribution in [3.63, 3.8) is 0 Å². The molecule has 0 aromatic carbocycles. The van der Waals surface area contributed by atoms with Gasteiger partial charge in [0.15, 0.2) is 0 Å². The van der Waals surface area contributed by atoms with Crippen LogP contribution in [0.4, 0.5) is 13.2 Å². The second-order valence-electron chi connectivity index (χ2n) is 3.24. The van der Waals surface area contributed by atoms with Gasteiger partial charge in [0.1, 0.15) is 0 Å². The molecule has 66 valence electrons. The van der Waals surface area contributed by atoms with E-state index in [0.29, 0.717) is 19.0 Å². The number of alkyl halides is 3. The van der Waals surface area contributed by atoms with E-state index in [-0.39, 0.29) is 0 Å². The highest BCUT2D eigenvalue weighted by Gasteiger charge is 2.33. The maximum Gasteiger partial charge on any atom is 0.401 e. The van der Waals surface area contributed by atoms with Gasteiger partial charge >= 0.3 is 6.18 Å². The average Bonchev–Trinajstić information content (AvgIpc) is 2.10. The van der Waals surface area contributed by atoms with Crippen LogP contribution in [0.3, 0.4) is 0 Å². The molecule has 1 saturated heterocycles. The Morgan fingerprint density at radius 1 is 1.45 bits per heavy atom. The molecule has 0 amide bonds. The lowest BCUT2D eigenvalue weighted by atomic mass is 10.2. The first-order chi connectivity index (χ1) is 4.97. The normalized spacial score (nSPS) is 27.8. The lowest BCUT2D eigenvalue weighted by Crippen LogP contribution is -2.32. The monoisotopic (exact) mass is 167 g/mol. The quantitative estimate of drug-likeness (QED) is 0.576. The van der Waals surface area contributed by atoms with Crippen molar-refractivity contribution in [2.75, 3.05) is 19.6 Å². The van der Waals surface area contributed by atoms with Gasteiger partial charge < -0.3 is 0 Å². The largest absolute Gasteiger partial charge is 0.401 e. The Morgan fingerprint density at radius 3 is 2.45 bits per heavy atom. The molecule has 1 aliphatic heterocycles. The van der Waals surface area contributed by atoms with E-state index < -0.39 is 12.7 Å². The molecule has 11 heavy (non-hydrogen) atoms. The van der Waals surface area contributed by atoms with Gasteiger partial charge in [0, 0.05) is 6.54 Å². The molecule has 0 aromatic rings. The van der Waals surface area contributed by atoms with Crippen molar-refractivity contribution < 1.29 is 13.2 Å². The third kappa shape index (κ3) is 3.10. The molecule has 1 unspecified atom stereocenters. The van der Waals surface area contributed by atoms with Gasteiger partial charge in [0.25, 0.3) is 0 Å². The molecular formula is C7H12F3N. The zero-order chi connectivity index (χ0) is 8.48. The van der Waals surface area contributed by atoms with Crippen LogP contribution in [0.2, 0.25) is 0 Å². The maximum atomic E-state index is 11.8. The summed E-state index contributed by atoms with van der Waals surface area (Å²) in [5, 5.41) is 0. The first-order valence-corrected chi connectivity index (χ1v) is 3.76. The standard InChI is InChI=1S/C7H12F3N/c1-6-2-3-11(4-6)5-7(8,9)10/h6H,2-5H2,1H3. The number of likely N-dealkylation sites (tertiary alicyclic amines) is 1. The van der Waals surface area contributed by atoms with Crippen molar-refractivity contribution in [2.45, 2.75) is 19.5 Å². The van der Waals surface area contributed by atoms with E-state index >= 15 is 0 Å². The van der Waals surface area contributed by atoms with Gasteiger partial charge in [-0.05, 0) is 18.9 Å². The van der Waals surface area contributed by atoms with Crippen molar-refractivity contribution in [3.05, 3.63) is 0 Å². The predicted octanol–water partition coefficient (Wildman–Crippen LogP) is 1.89. The molecule has 4 heteroatoms. The summed E-state index contributed by atoms with van der Waals surface area (Å²) in [4.78, 5) is 1.46. The van der Waals surface area contributed by atoms with E-state index in [1.807, 2.05) is 6.92 Å². The summed E-state index contributed by atoms with van der Waals surface area (Å²) in [5.74, 6) is 0.428. The van der Waals surface area contributed by atoms with Crippen LogP contribution in [0.1, 0.15) is 13.3 Å². The second-order valence-corrected chi connectivity index (χ2v) is 3.24. The molecule has 0 radical (unpaired) electrons. The van der Waals surface area contributed by atoms with Gasteiger partial charge in [0.05, 0.1) is 6.54 Å². The molecule has 1 fully saturated rings. The van der Waals surface area contributed by atoms with Crippen LogP contribution in [0.5, 0.6) is 0 Å². The molecule has 1 rings (SSSR count). The minimum Gasteiger partial charge on any atom is -0.295 e. The Kier molecular flexibility index (Phi) is 2.42. The molecule has 0 saturated carbocycles. The third-order valence-electron chi connectivity index (χ3n) is 1.91. The Labute approximate surface area is 64.2 Å². The maximum absolute atomic E-state index is 11.8.